The number of nitrogens with zero attached hydrogens (tertiary/aromatic N) is 1. The summed E-state index contributed by atoms with van der Waals surface area (Å²) in [6.45, 7) is 3.48. The van der Waals surface area contributed by atoms with Gasteiger partial charge in [0.2, 0.25) is 0 Å². The first-order valence-electron chi connectivity index (χ1n) is 7.97. The van der Waals surface area contributed by atoms with Crippen LogP contribution in [-0.2, 0) is 16.0 Å². The lowest BCUT2D eigenvalue weighted by molar-refractivity contribution is -0.124. The molecule has 1 aromatic carbocycles. The van der Waals surface area contributed by atoms with Gasteiger partial charge in [-0.05, 0) is 44.4 Å². The Labute approximate surface area is 142 Å². The summed E-state index contributed by atoms with van der Waals surface area (Å²) in [7, 11) is 0. The molecule has 24 heavy (non-hydrogen) atoms. The molecule has 1 amide bonds. The van der Waals surface area contributed by atoms with Crippen LogP contribution < -0.4 is 5.32 Å². The molecule has 0 aliphatic heterocycles. The molecule has 0 radical (unpaired) electrons. The average Bonchev–Trinajstić information content (AvgIpc) is 2.59. The molecule has 0 aliphatic rings. The van der Waals surface area contributed by atoms with E-state index in [9.17, 15) is 9.59 Å². The van der Waals surface area contributed by atoms with E-state index in [1.807, 2.05) is 32.0 Å². The zero-order valence-corrected chi connectivity index (χ0v) is 14.0. The first-order valence-corrected chi connectivity index (χ1v) is 7.97. The fourth-order valence-corrected chi connectivity index (χ4v) is 2.22. The van der Waals surface area contributed by atoms with Crippen LogP contribution in [0.1, 0.15) is 35.0 Å². The molecule has 1 aromatic heterocycles. The number of ether oxygens (including phenoxy) is 1. The molecule has 0 saturated heterocycles. The summed E-state index contributed by atoms with van der Waals surface area (Å²) < 4.78 is 5.00. The molecule has 0 saturated carbocycles. The third-order valence-corrected chi connectivity index (χ3v) is 3.60. The van der Waals surface area contributed by atoms with Gasteiger partial charge in [-0.3, -0.25) is 9.78 Å². The van der Waals surface area contributed by atoms with Crippen LogP contribution in [0.5, 0.6) is 0 Å². The molecule has 1 N–H and O–H groups in total. The van der Waals surface area contributed by atoms with Crippen molar-refractivity contribution >= 4 is 11.9 Å². The van der Waals surface area contributed by atoms with Gasteiger partial charge in [0.1, 0.15) is 0 Å². The van der Waals surface area contributed by atoms with Gasteiger partial charge in [0.05, 0.1) is 5.56 Å². The summed E-state index contributed by atoms with van der Waals surface area (Å²) in [6, 6.07) is 13.5. The number of aryl methyl sites for hydroxylation is 2. The van der Waals surface area contributed by atoms with Crippen molar-refractivity contribution in [3.05, 3.63) is 65.5 Å². The van der Waals surface area contributed by atoms with Gasteiger partial charge < -0.3 is 10.1 Å². The highest BCUT2D eigenvalue weighted by molar-refractivity contribution is 5.91. The van der Waals surface area contributed by atoms with Crippen molar-refractivity contribution in [3.8, 4) is 0 Å². The highest BCUT2D eigenvalue weighted by Crippen LogP contribution is 2.05. The summed E-state index contributed by atoms with van der Waals surface area (Å²) in [5.41, 5.74) is 2.39. The molecule has 2 rings (SSSR count). The molecule has 1 heterocycles. The van der Waals surface area contributed by atoms with Gasteiger partial charge in [-0.25, -0.2) is 4.79 Å². The van der Waals surface area contributed by atoms with E-state index in [-0.39, 0.29) is 18.6 Å². The summed E-state index contributed by atoms with van der Waals surface area (Å²) in [4.78, 5) is 27.7. The Kier molecular flexibility index (Phi) is 6.49. The molecular weight excluding hydrogens is 304 g/mol. The number of carbonyl (C=O) groups is 2. The zero-order chi connectivity index (χ0) is 17.4. The summed E-state index contributed by atoms with van der Waals surface area (Å²) >= 11 is 0. The highest BCUT2D eigenvalue weighted by Gasteiger charge is 2.12. The standard InChI is InChI=1S/C19H22N2O3/c1-14-9-11-17(12-20-14)19(23)24-13-18(22)21-15(2)8-10-16-6-4-3-5-7-16/h3-7,9,11-12,15H,8,10,13H2,1-2H3,(H,21,22). The molecule has 0 aliphatic carbocycles. The fraction of sp³-hybridized carbons (Fsp3) is 0.316. The fourth-order valence-electron chi connectivity index (χ4n) is 2.22. The lowest BCUT2D eigenvalue weighted by Crippen LogP contribution is -2.36. The molecule has 0 fully saturated rings. The van der Waals surface area contributed by atoms with Crippen LogP contribution in [0.15, 0.2) is 48.7 Å². The van der Waals surface area contributed by atoms with Crippen LogP contribution in [0.25, 0.3) is 0 Å². The number of rotatable bonds is 7. The maximum Gasteiger partial charge on any atom is 0.340 e. The highest BCUT2D eigenvalue weighted by atomic mass is 16.5. The van der Waals surface area contributed by atoms with Crippen molar-refractivity contribution in [1.29, 1.82) is 0 Å². The quantitative estimate of drug-likeness (QED) is 0.794. The largest absolute Gasteiger partial charge is 0.452 e. The molecule has 0 spiro atoms. The third-order valence-electron chi connectivity index (χ3n) is 3.60. The minimum Gasteiger partial charge on any atom is -0.452 e. The minimum atomic E-state index is -0.547. The second-order valence-corrected chi connectivity index (χ2v) is 5.76. The Balaban J connectivity index is 1.70. The predicted molar refractivity (Wildman–Crippen MR) is 91.6 cm³/mol. The lowest BCUT2D eigenvalue weighted by atomic mass is 10.1. The van der Waals surface area contributed by atoms with Crippen LogP contribution in [0.2, 0.25) is 0 Å². The molecule has 5 heteroatoms. The Morgan fingerprint density at radius 1 is 1.17 bits per heavy atom. The van der Waals surface area contributed by atoms with E-state index >= 15 is 0 Å². The van der Waals surface area contributed by atoms with Crippen LogP contribution in [0, 0.1) is 6.92 Å². The third kappa shape index (κ3) is 5.83. The minimum absolute atomic E-state index is 0.0115. The number of aromatic nitrogens is 1. The first-order chi connectivity index (χ1) is 11.5. The van der Waals surface area contributed by atoms with Gasteiger partial charge in [-0.1, -0.05) is 30.3 Å². The van der Waals surface area contributed by atoms with Crippen molar-refractivity contribution in [2.45, 2.75) is 32.7 Å². The smallest absolute Gasteiger partial charge is 0.340 e. The zero-order valence-electron chi connectivity index (χ0n) is 14.0. The number of carbonyl (C=O) groups excluding carboxylic acids is 2. The Hall–Kier alpha value is -2.69. The number of nitrogens with one attached hydrogen (secondary N) is 1. The monoisotopic (exact) mass is 326 g/mol. The van der Waals surface area contributed by atoms with Crippen molar-refractivity contribution in [1.82, 2.24) is 10.3 Å². The molecule has 126 valence electrons. The normalized spacial score (nSPS) is 11.6. The maximum absolute atomic E-state index is 11.9. The van der Waals surface area contributed by atoms with Gasteiger partial charge in [0, 0.05) is 17.9 Å². The Morgan fingerprint density at radius 3 is 2.58 bits per heavy atom. The van der Waals surface area contributed by atoms with Gasteiger partial charge in [0.15, 0.2) is 6.61 Å². The number of hydrogen-bond acceptors (Lipinski definition) is 4. The summed E-state index contributed by atoms with van der Waals surface area (Å²) in [5, 5.41) is 2.83. The second kappa shape index (κ2) is 8.82. The molecule has 1 unspecified atom stereocenters. The van der Waals surface area contributed by atoms with E-state index in [4.69, 9.17) is 4.74 Å². The number of hydrogen-bond donors (Lipinski definition) is 1. The van der Waals surface area contributed by atoms with Crippen LogP contribution in [0.4, 0.5) is 0 Å². The van der Waals surface area contributed by atoms with Gasteiger partial charge >= 0.3 is 5.97 Å². The van der Waals surface area contributed by atoms with Crippen molar-refractivity contribution in [3.63, 3.8) is 0 Å². The van der Waals surface area contributed by atoms with E-state index in [1.165, 1.54) is 11.8 Å². The lowest BCUT2D eigenvalue weighted by Gasteiger charge is -2.14. The number of benzene rings is 1. The number of amides is 1. The van der Waals surface area contributed by atoms with Gasteiger partial charge in [-0.15, -0.1) is 0 Å². The van der Waals surface area contributed by atoms with Crippen LogP contribution in [-0.4, -0.2) is 29.5 Å². The Bertz CT molecular complexity index is 669. The molecule has 1 atom stereocenters. The predicted octanol–water partition coefficient (Wildman–Crippen LogP) is 2.68. The topological polar surface area (TPSA) is 68.3 Å². The summed E-state index contributed by atoms with van der Waals surface area (Å²) in [5.74, 6) is -0.849. The Morgan fingerprint density at radius 2 is 1.92 bits per heavy atom. The first kappa shape index (κ1) is 17.7. The molecule has 2 aromatic rings. The van der Waals surface area contributed by atoms with E-state index in [1.54, 1.807) is 12.1 Å². The van der Waals surface area contributed by atoms with E-state index in [0.717, 1.165) is 18.5 Å². The van der Waals surface area contributed by atoms with Crippen LogP contribution >= 0.6 is 0 Å². The van der Waals surface area contributed by atoms with Crippen LogP contribution in [0.3, 0.4) is 0 Å². The second-order valence-electron chi connectivity index (χ2n) is 5.76. The maximum atomic E-state index is 11.9. The van der Waals surface area contributed by atoms with E-state index in [0.29, 0.717) is 5.56 Å². The van der Waals surface area contributed by atoms with Gasteiger partial charge in [-0.2, -0.15) is 0 Å². The molecular formula is C19H22N2O3. The number of esters is 1. The van der Waals surface area contributed by atoms with E-state index in [2.05, 4.69) is 22.4 Å². The molecule has 5 nitrogen and oxygen atoms in total. The van der Waals surface area contributed by atoms with Gasteiger partial charge in [0.25, 0.3) is 5.91 Å². The molecule has 0 bridgehead atoms. The van der Waals surface area contributed by atoms with E-state index < -0.39 is 5.97 Å². The SMILES string of the molecule is Cc1ccc(C(=O)OCC(=O)NC(C)CCc2ccccc2)cn1. The van der Waals surface area contributed by atoms with Crippen molar-refractivity contribution < 1.29 is 14.3 Å². The van der Waals surface area contributed by atoms with Crippen molar-refractivity contribution in [2.24, 2.45) is 0 Å². The number of pyridine rings is 1. The average molecular weight is 326 g/mol. The summed E-state index contributed by atoms with van der Waals surface area (Å²) in [6.07, 6.45) is 3.15. The van der Waals surface area contributed by atoms with Crippen molar-refractivity contribution in [2.75, 3.05) is 6.61 Å².